The van der Waals surface area contributed by atoms with Crippen LogP contribution in [0.1, 0.15) is 31.5 Å². The molecule has 0 fully saturated rings. The largest absolute Gasteiger partial charge is 0.323 e. The number of nitrogens with zero attached hydrogens (tertiary/aromatic N) is 3. The molecule has 2 rings (SSSR count). The Hall–Kier alpha value is -0.910. The van der Waals surface area contributed by atoms with E-state index in [1.54, 1.807) is 4.68 Å². The summed E-state index contributed by atoms with van der Waals surface area (Å²) in [6.07, 6.45) is 3.76. The van der Waals surface area contributed by atoms with Gasteiger partial charge in [0.2, 0.25) is 0 Å². The number of nitrogens with two attached hydrogens (primary N) is 1. The second-order valence-electron chi connectivity index (χ2n) is 4.06. The summed E-state index contributed by atoms with van der Waals surface area (Å²) in [5.74, 6) is 0. The van der Waals surface area contributed by atoms with Gasteiger partial charge in [-0.15, -0.1) is 5.10 Å². The Kier molecular flexibility index (Phi) is 4.37. The van der Waals surface area contributed by atoms with Gasteiger partial charge in [-0.05, 0) is 34.5 Å². The lowest BCUT2D eigenvalue weighted by atomic mass is 10.1. The van der Waals surface area contributed by atoms with E-state index in [2.05, 4.69) is 33.2 Å². The van der Waals surface area contributed by atoms with Crippen molar-refractivity contribution in [3.8, 4) is 5.69 Å². The van der Waals surface area contributed by atoms with Gasteiger partial charge in [-0.3, -0.25) is 0 Å². The van der Waals surface area contributed by atoms with Crippen LogP contribution in [-0.2, 0) is 0 Å². The van der Waals surface area contributed by atoms with E-state index in [-0.39, 0.29) is 6.04 Å². The van der Waals surface area contributed by atoms with Crippen molar-refractivity contribution in [1.29, 1.82) is 0 Å². The minimum atomic E-state index is -0.0679. The molecule has 0 saturated carbocycles. The van der Waals surface area contributed by atoms with Crippen molar-refractivity contribution in [2.24, 2.45) is 5.73 Å². The molecule has 1 heterocycles. The van der Waals surface area contributed by atoms with E-state index in [1.165, 1.54) is 0 Å². The minimum Gasteiger partial charge on any atom is -0.323 e. The number of halogens is 2. The summed E-state index contributed by atoms with van der Waals surface area (Å²) < 4.78 is 2.48. The molecular formula is C12H14BrClN4. The van der Waals surface area contributed by atoms with E-state index in [1.807, 2.05) is 24.4 Å². The van der Waals surface area contributed by atoms with Crippen LogP contribution in [0.4, 0.5) is 0 Å². The first kappa shape index (κ1) is 13.5. The summed E-state index contributed by atoms with van der Waals surface area (Å²) in [4.78, 5) is 0. The second-order valence-corrected chi connectivity index (χ2v) is 5.26. The molecule has 1 aromatic heterocycles. The van der Waals surface area contributed by atoms with E-state index < -0.39 is 0 Å². The highest BCUT2D eigenvalue weighted by Gasteiger charge is 2.12. The fourth-order valence-electron chi connectivity index (χ4n) is 1.69. The summed E-state index contributed by atoms with van der Waals surface area (Å²) >= 11 is 9.49. The highest BCUT2D eigenvalue weighted by atomic mass is 79.9. The fraction of sp³-hybridized carbons (Fsp3) is 0.333. The molecule has 2 N–H and O–H groups in total. The molecule has 0 bridgehead atoms. The van der Waals surface area contributed by atoms with E-state index in [4.69, 9.17) is 17.3 Å². The van der Waals surface area contributed by atoms with E-state index in [9.17, 15) is 0 Å². The van der Waals surface area contributed by atoms with Gasteiger partial charge < -0.3 is 5.73 Å². The van der Waals surface area contributed by atoms with E-state index in [0.717, 1.165) is 28.7 Å². The van der Waals surface area contributed by atoms with Crippen LogP contribution < -0.4 is 5.73 Å². The third kappa shape index (κ3) is 2.74. The van der Waals surface area contributed by atoms with E-state index in [0.29, 0.717) is 5.02 Å². The monoisotopic (exact) mass is 328 g/mol. The van der Waals surface area contributed by atoms with Crippen LogP contribution in [0.3, 0.4) is 0 Å². The summed E-state index contributed by atoms with van der Waals surface area (Å²) in [5, 5.41) is 8.84. The lowest BCUT2D eigenvalue weighted by molar-refractivity contribution is 0.619. The standard InChI is InChI=1S/C12H14BrClN4/c1-2-4-9(15)10-7-18(17-16-10)11-6-3-5-8(14)12(11)13/h3,5-7,9H,2,4,15H2,1H3. The molecule has 1 unspecified atom stereocenters. The highest BCUT2D eigenvalue weighted by Crippen LogP contribution is 2.28. The SMILES string of the molecule is CCCC(N)c1cn(-c2cccc(Cl)c2Br)nn1. The summed E-state index contributed by atoms with van der Waals surface area (Å²) in [6.45, 7) is 2.10. The maximum absolute atomic E-state index is 6.05. The Morgan fingerprint density at radius 1 is 1.50 bits per heavy atom. The molecule has 0 aliphatic carbocycles. The minimum absolute atomic E-state index is 0.0679. The molecule has 1 atom stereocenters. The molecule has 0 saturated heterocycles. The predicted octanol–water partition coefficient (Wildman–Crippen LogP) is 3.48. The lowest BCUT2D eigenvalue weighted by Crippen LogP contribution is -2.10. The number of benzene rings is 1. The molecule has 0 amide bonds. The van der Waals surface area contributed by atoms with Gasteiger partial charge in [-0.25, -0.2) is 4.68 Å². The van der Waals surface area contributed by atoms with Crippen molar-refractivity contribution in [3.05, 3.63) is 39.6 Å². The van der Waals surface area contributed by atoms with Crippen LogP contribution in [0, 0.1) is 0 Å². The Morgan fingerprint density at radius 2 is 2.28 bits per heavy atom. The predicted molar refractivity (Wildman–Crippen MR) is 75.9 cm³/mol. The molecule has 4 nitrogen and oxygen atoms in total. The lowest BCUT2D eigenvalue weighted by Gasteiger charge is -2.06. The smallest absolute Gasteiger partial charge is 0.0998 e. The molecule has 18 heavy (non-hydrogen) atoms. The molecule has 1 aromatic carbocycles. The highest BCUT2D eigenvalue weighted by molar-refractivity contribution is 9.10. The zero-order valence-electron chi connectivity index (χ0n) is 9.98. The maximum atomic E-state index is 6.05. The zero-order chi connectivity index (χ0) is 13.1. The molecule has 0 spiro atoms. The van der Waals surface area contributed by atoms with Gasteiger partial charge in [-0.2, -0.15) is 0 Å². The maximum Gasteiger partial charge on any atom is 0.0998 e. The van der Waals surface area contributed by atoms with Crippen molar-refractivity contribution in [3.63, 3.8) is 0 Å². The van der Waals surface area contributed by atoms with Crippen LogP contribution in [0.2, 0.25) is 5.02 Å². The number of rotatable bonds is 4. The third-order valence-electron chi connectivity index (χ3n) is 2.67. The van der Waals surface area contributed by atoms with Gasteiger partial charge in [0.1, 0.15) is 0 Å². The van der Waals surface area contributed by atoms with Crippen molar-refractivity contribution in [2.75, 3.05) is 0 Å². The topological polar surface area (TPSA) is 56.7 Å². The molecular weight excluding hydrogens is 316 g/mol. The molecule has 0 radical (unpaired) electrons. The molecule has 0 aliphatic heterocycles. The molecule has 96 valence electrons. The van der Waals surface area contributed by atoms with Crippen molar-refractivity contribution in [1.82, 2.24) is 15.0 Å². The molecule has 0 aliphatic rings. The van der Waals surface area contributed by atoms with Crippen LogP contribution in [0.5, 0.6) is 0 Å². The van der Waals surface area contributed by atoms with Crippen molar-refractivity contribution in [2.45, 2.75) is 25.8 Å². The van der Waals surface area contributed by atoms with Gasteiger partial charge >= 0.3 is 0 Å². The van der Waals surface area contributed by atoms with Gasteiger partial charge in [-0.1, -0.05) is 36.2 Å². The molecule has 6 heteroatoms. The van der Waals surface area contributed by atoms with Crippen molar-refractivity contribution >= 4 is 27.5 Å². The second kappa shape index (κ2) is 5.82. The van der Waals surface area contributed by atoms with Gasteiger partial charge in [0, 0.05) is 0 Å². The van der Waals surface area contributed by atoms with Crippen LogP contribution in [-0.4, -0.2) is 15.0 Å². The zero-order valence-corrected chi connectivity index (χ0v) is 12.3. The van der Waals surface area contributed by atoms with Gasteiger partial charge in [0.25, 0.3) is 0 Å². The first-order valence-corrected chi connectivity index (χ1v) is 6.92. The Morgan fingerprint density at radius 3 is 3.00 bits per heavy atom. The summed E-state index contributed by atoms with van der Waals surface area (Å²) in [6, 6.07) is 5.53. The summed E-state index contributed by atoms with van der Waals surface area (Å²) in [5.41, 5.74) is 7.66. The summed E-state index contributed by atoms with van der Waals surface area (Å²) in [7, 11) is 0. The normalized spacial score (nSPS) is 12.7. The Labute approximate surface area is 119 Å². The first-order chi connectivity index (χ1) is 8.63. The number of aromatic nitrogens is 3. The quantitative estimate of drug-likeness (QED) is 0.934. The van der Waals surface area contributed by atoms with E-state index >= 15 is 0 Å². The number of hydrogen-bond donors (Lipinski definition) is 1. The fourth-order valence-corrected chi connectivity index (χ4v) is 2.31. The van der Waals surface area contributed by atoms with Crippen LogP contribution >= 0.6 is 27.5 Å². The van der Waals surface area contributed by atoms with Gasteiger partial charge in [0.15, 0.2) is 0 Å². The Bertz CT molecular complexity index is 541. The Balaban J connectivity index is 2.32. The average Bonchev–Trinajstić information content (AvgIpc) is 2.82. The van der Waals surface area contributed by atoms with Gasteiger partial charge in [0.05, 0.1) is 33.1 Å². The molecule has 2 aromatic rings. The van der Waals surface area contributed by atoms with Crippen molar-refractivity contribution < 1.29 is 0 Å². The first-order valence-electron chi connectivity index (χ1n) is 5.75. The number of hydrogen-bond acceptors (Lipinski definition) is 3. The third-order valence-corrected chi connectivity index (χ3v) is 4.05. The van der Waals surface area contributed by atoms with Crippen LogP contribution in [0.25, 0.3) is 5.69 Å². The average molecular weight is 330 g/mol. The van der Waals surface area contributed by atoms with Crippen LogP contribution in [0.15, 0.2) is 28.9 Å².